The minimum Gasteiger partial charge on any atom is -0.384 e. The van der Waals surface area contributed by atoms with Crippen molar-refractivity contribution >= 4 is 5.91 Å². The molecule has 0 N–H and O–H groups in total. The highest BCUT2D eigenvalue weighted by Gasteiger charge is 2.45. The van der Waals surface area contributed by atoms with Crippen molar-refractivity contribution in [2.75, 3.05) is 20.8 Å². The SMILES string of the molecule is COCC1(C(=O)N(C)Cc2noc(C3CC3)n2)CCC1. The number of rotatable bonds is 6. The molecule has 1 aromatic heterocycles. The maximum Gasteiger partial charge on any atom is 0.231 e. The van der Waals surface area contributed by atoms with E-state index in [0.29, 0.717) is 24.9 Å². The van der Waals surface area contributed by atoms with Gasteiger partial charge in [0.05, 0.1) is 18.6 Å². The van der Waals surface area contributed by atoms with Crippen molar-refractivity contribution in [2.45, 2.75) is 44.6 Å². The van der Waals surface area contributed by atoms with Gasteiger partial charge < -0.3 is 14.2 Å². The number of amides is 1. The Balaban J connectivity index is 1.62. The first-order chi connectivity index (χ1) is 9.64. The molecule has 3 rings (SSSR count). The van der Waals surface area contributed by atoms with Crippen LogP contribution in [0.3, 0.4) is 0 Å². The molecule has 1 heterocycles. The van der Waals surface area contributed by atoms with Gasteiger partial charge in [-0.25, -0.2) is 0 Å². The zero-order chi connectivity index (χ0) is 14.2. The Morgan fingerprint density at radius 1 is 1.50 bits per heavy atom. The number of methoxy groups -OCH3 is 1. The molecule has 0 unspecified atom stereocenters. The van der Waals surface area contributed by atoms with Gasteiger partial charge in [0.15, 0.2) is 5.82 Å². The number of ether oxygens (including phenoxy) is 1. The Morgan fingerprint density at radius 3 is 2.80 bits per heavy atom. The predicted molar refractivity (Wildman–Crippen MR) is 70.9 cm³/mol. The number of nitrogens with zero attached hydrogens (tertiary/aromatic N) is 3. The van der Waals surface area contributed by atoms with Crippen LogP contribution in [0, 0.1) is 5.41 Å². The van der Waals surface area contributed by atoms with Crippen LogP contribution in [0.1, 0.15) is 49.7 Å². The van der Waals surface area contributed by atoms with Crippen LogP contribution in [0.4, 0.5) is 0 Å². The fourth-order valence-corrected chi connectivity index (χ4v) is 2.82. The second kappa shape index (κ2) is 5.16. The summed E-state index contributed by atoms with van der Waals surface area (Å²) in [7, 11) is 3.44. The number of carbonyl (C=O) groups is 1. The van der Waals surface area contributed by atoms with Crippen LogP contribution in [-0.2, 0) is 16.1 Å². The molecule has 0 bridgehead atoms. The summed E-state index contributed by atoms with van der Waals surface area (Å²) in [5.41, 5.74) is -0.327. The Morgan fingerprint density at radius 2 is 2.25 bits per heavy atom. The van der Waals surface area contributed by atoms with Gasteiger partial charge in [0.1, 0.15) is 0 Å². The fraction of sp³-hybridized carbons (Fsp3) is 0.786. The van der Waals surface area contributed by atoms with Gasteiger partial charge in [-0.3, -0.25) is 4.79 Å². The standard InChI is InChI=1S/C14H21N3O3/c1-17(13(18)14(9-19-2)6-3-7-14)8-11-15-12(20-16-11)10-4-5-10/h10H,3-9H2,1-2H3. The third-order valence-electron chi connectivity index (χ3n) is 4.32. The lowest BCUT2D eigenvalue weighted by atomic mass is 9.68. The highest BCUT2D eigenvalue weighted by Crippen LogP contribution is 2.43. The molecule has 2 fully saturated rings. The van der Waals surface area contributed by atoms with Crippen molar-refractivity contribution < 1.29 is 14.1 Å². The van der Waals surface area contributed by atoms with E-state index in [9.17, 15) is 4.79 Å². The number of carbonyl (C=O) groups excluding carboxylic acids is 1. The van der Waals surface area contributed by atoms with E-state index in [1.54, 1.807) is 19.1 Å². The molecule has 20 heavy (non-hydrogen) atoms. The van der Waals surface area contributed by atoms with Crippen molar-refractivity contribution in [3.8, 4) is 0 Å². The molecule has 2 aliphatic rings. The van der Waals surface area contributed by atoms with Crippen molar-refractivity contribution in [2.24, 2.45) is 5.41 Å². The van der Waals surface area contributed by atoms with E-state index in [-0.39, 0.29) is 11.3 Å². The van der Waals surface area contributed by atoms with E-state index in [4.69, 9.17) is 9.26 Å². The van der Waals surface area contributed by atoms with Gasteiger partial charge in [-0.05, 0) is 25.7 Å². The van der Waals surface area contributed by atoms with E-state index in [1.807, 2.05) is 0 Å². The van der Waals surface area contributed by atoms with Crippen LogP contribution >= 0.6 is 0 Å². The molecule has 0 aliphatic heterocycles. The van der Waals surface area contributed by atoms with Crippen LogP contribution in [0.15, 0.2) is 4.52 Å². The molecule has 2 saturated carbocycles. The van der Waals surface area contributed by atoms with E-state index in [0.717, 1.165) is 38.0 Å². The average molecular weight is 279 g/mol. The first-order valence-corrected chi connectivity index (χ1v) is 7.21. The first-order valence-electron chi connectivity index (χ1n) is 7.21. The second-order valence-electron chi connectivity index (χ2n) is 6.05. The van der Waals surface area contributed by atoms with Crippen molar-refractivity contribution in [1.82, 2.24) is 15.0 Å². The van der Waals surface area contributed by atoms with Gasteiger partial charge in [0.2, 0.25) is 11.8 Å². The molecule has 110 valence electrons. The van der Waals surface area contributed by atoms with Crippen LogP contribution < -0.4 is 0 Å². The summed E-state index contributed by atoms with van der Waals surface area (Å²) in [6.07, 6.45) is 5.17. The van der Waals surface area contributed by atoms with Crippen LogP contribution in [0.5, 0.6) is 0 Å². The Kier molecular flexibility index (Phi) is 3.50. The van der Waals surface area contributed by atoms with Gasteiger partial charge in [-0.1, -0.05) is 11.6 Å². The van der Waals surface area contributed by atoms with Gasteiger partial charge in [-0.2, -0.15) is 4.98 Å². The fourth-order valence-electron chi connectivity index (χ4n) is 2.82. The lowest BCUT2D eigenvalue weighted by Gasteiger charge is -2.41. The first kappa shape index (κ1) is 13.5. The second-order valence-corrected chi connectivity index (χ2v) is 6.05. The third-order valence-corrected chi connectivity index (χ3v) is 4.32. The maximum absolute atomic E-state index is 12.6. The van der Waals surface area contributed by atoms with Crippen molar-refractivity contribution in [3.63, 3.8) is 0 Å². The molecule has 6 heteroatoms. The van der Waals surface area contributed by atoms with Crippen LogP contribution in [0.25, 0.3) is 0 Å². The summed E-state index contributed by atoms with van der Waals surface area (Å²) in [4.78, 5) is 18.6. The normalized spacial score (nSPS) is 20.5. The highest BCUT2D eigenvalue weighted by molar-refractivity contribution is 5.83. The zero-order valence-electron chi connectivity index (χ0n) is 12.1. The number of aromatic nitrogens is 2. The van der Waals surface area contributed by atoms with E-state index in [1.165, 1.54) is 0 Å². The van der Waals surface area contributed by atoms with Gasteiger partial charge in [0, 0.05) is 20.1 Å². The zero-order valence-corrected chi connectivity index (χ0v) is 12.1. The molecule has 0 atom stereocenters. The smallest absolute Gasteiger partial charge is 0.231 e. The van der Waals surface area contributed by atoms with Crippen molar-refractivity contribution in [3.05, 3.63) is 11.7 Å². The maximum atomic E-state index is 12.6. The molecule has 0 spiro atoms. The van der Waals surface area contributed by atoms with E-state index < -0.39 is 0 Å². The Bertz CT molecular complexity index is 492. The highest BCUT2D eigenvalue weighted by atomic mass is 16.5. The monoisotopic (exact) mass is 279 g/mol. The molecule has 6 nitrogen and oxygen atoms in total. The average Bonchev–Trinajstić information content (AvgIpc) is 3.14. The van der Waals surface area contributed by atoms with E-state index >= 15 is 0 Å². The minimum absolute atomic E-state index is 0.128. The lowest BCUT2D eigenvalue weighted by Crippen LogP contribution is -2.49. The quantitative estimate of drug-likeness (QED) is 0.793. The summed E-state index contributed by atoms with van der Waals surface area (Å²) in [6.45, 7) is 0.899. The Hall–Kier alpha value is -1.43. The van der Waals surface area contributed by atoms with Crippen LogP contribution in [0.2, 0.25) is 0 Å². The molecular formula is C14H21N3O3. The number of hydrogen-bond acceptors (Lipinski definition) is 5. The van der Waals surface area contributed by atoms with Gasteiger partial charge >= 0.3 is 0 Å². The molecule has 2 aliphatic carbocycles. The lowest BCUT2D eigenvalue weighted by molar-refractivity contribution is -0.151. The minimum atomic E-state index is -0.327. The summed E-state index contributed by atoms with van der Waals surface area (Å²) in [5, 5.41) is 3.96. The van der Waals surface area contributed by atoms with Gasteiger partial charge in [0.25, 0.3) is 0 Å². The topological polar surface area (TPSA) is 68.5 Å². The largest absolute Gasteiger partial charge is 0.384 e. The number of hydrogen-bond donors (Lipinski definition) is 0. The molecular weight excluding hydrogens is 258 g/mol. The van der Waals surface area contributed by atoms with Gasteiger partial charge in [-0.15, -0.1) is 0 Å². The summed E-state index contributed by atoms with van der Waals surface area (Å²) < 4.78 is 10.4. The Labute approximate surface area is 118 Å². The summed E-state index contributed by atoms with van der Waals surface area (Å²) >= 11 is 0. The molecule has 0 aromatic carbocycles. The third kappa shape index (κ3) is 2.44. The predicted octanol–water partition coefficient (Wildman–Crippen LogP) is 1.72. The van der Waals surface area contributed by atoms with Crippen molar-refractivity contribution in [1.29, 1.82) is 0 Å². The summed E-state index contributed by atoms with van der Waals surface area (Å²) in [6, 6.07) is 0. The molecule has 0 radical (unpaired) electrons. The molecule has 0 saturated heterocycles. The molecule has 1 amide bonds. The summed E-state index contributed by atoms with van der Waals surface area (Å²) in [5.74, 6) is 1.89. The van der Waals surface area contributed by atoms with E-state index in [2.05, 4.69) is 10.1 Å². The van der Waals surface area contributed by atoms with Crippen LogP contribution in [-0.4, -0.2) is 41.7 Å². The molecule has 1 aromatic rings.